The highest BCUT2D eigenvalue weighted by atomic mass is 14.9. The van der Waals surface area contributed by atoms with Crippen molar-refractivity contribution in [1.29, 1.82) is 0 Å². The Labute approximate surface area is 59.6 Å². The van der Waals surface area contributed by atoms with Crippen LogP contribution in [0.1, 0.15) is 6.85 Å². The summed E-state index contributed by atoms with van der Waals surface area (Å²) < 4.78 is 36.9. The average molecular weight is 123 g/mol. The van der Waals surface area contributed by atoms with Crippen LogP contribution < -0.4 is 0 Å². The maximum absolute atomic E-state index is 7.49. The summed E-state index contributed by atoms with van der Waals surface area (Å²) in [6.45, 7) is 0. The van der Waals surface area contributed by atoms with Gasteiger partial charge in [0.15, 0.2) is 0 Å². The largest absolute Gasteiger partial charge is 0.345 e. The summed E-state index contributed by atoms with van der Waals surface area (Å²) in [5.74, 6) is 0. The van der Waals surface area contributed by atoms with E-state index in [0.717, 1.165) is 0 Å². The monoisotopic (exact) mass is 123 g/mol. The number of fused-ring (bicyclic) bond motifs is 1. The standard InChI is InChI=1S/C7H6N2/c1-2-4-7-6(3-1)8-5-9-7/h1-5H,(H,8,9)/i1D,2D,3D,4D,5D. The topological polar surface area (TPSA) is 28.7 Å². The van der Waals surface area contributed by atoms with Crippen molar-refractivity contribution in [1.82, 2.24) is 9.97 Å². The molecule has 0 unspecified atom stereocenters. The number of nitrogens with one attached hydrogen (secondary N) is 1. The first kappa shape index (κ1) is 1.84. The van der Waals surface area contributed by atoms with E-state index in [2.05, 4.69) is 9.97 Å². The Bertz CT molecular complexity index is 474. The average Bonchev–Trinajstić information content (AvgIpc) is 2.54. The fourth-order valence-corrected chi connectivity index (χ4v) is 0.620. The number of imidazole rings is 1. The number of aromatic nitrogens is 2. The molecule has 0 aliphatic carbocycles. The molecule has 1 heterocycles. The van der Waals surface area contributed by atoms with Crippen LogP contribution >= 0.6 is 0 Å². The Morgan fingerprint density at radius 1 is 1.44 bits per heavy atom. The quantitative estimate of drug-likeness (QED) is 0.565. The molecule has 2 heteroatoms. The first-order valence-electron chi connectivity index (χ1n) is 4.95. The van der Waals surface area contributed by atoms with Crippen molar-refractivity contribution in [3.05, 3.63) is 30.5 Å². The van der Waals surface area contributed by atoms with Crippen LogP contribution in [0.15, 0.2) is 30.5 Å². The molecule has 0 fully saturated rings. The van der Waals surface area contributed by atoms with E-state index in [1.54, 1.807) is 0 Å². The molecule has 44 valence electrons. The van der Waals surface area contributed by atoms with E-state index >= 15 is 0 Å². The lowest BCUT2D eigenvalue weighted by Crippen LogP contribution is -1.63. The molecular formula is C7H6N2. The third-order valence-electron chi connectivity index (χ3n) is 1.02. The van der Waals surface area contributed by atoms with Crippen molar-refractivity contribution in [3.8, 4) is 0 Å². The molecule has 0 saturated heterocycles. The van der Waals surface area contributed by atoms with Gasteiger partial charge in [-0.25, -0.2) is 4.98 Å². The summed E-state index contributed by atoms with van der Waals surface area (Å²) in [4.78, 5) is 6.16. The molecule has 0 spiro atoms. The number of hydrogen-bond donors (Lipinski definition) is 1. The Hall–Kier alpha value is -1.31. The van der Waals surface area contributed by atoms with Gasteiger partial charge in [-0.05, 0) is 12.1 Å². The van der Waals surface area contributed by atoms with Gasteiger partial charge in [-0.15, -0.1) is 0 Å². The number of rotatable bonds is 0. The second kappa shape index (κ2) is 1.58. The minimum atomic E-state index is -0.325. The Balaban J connectivity index is 3.01. The number of hydrogen-bond acceptors (Lipinski definition) is 1. The van der Waals surface area contributed by atoms with E-state index < -0.39 is 0 Å². The van der Waals surface area contributed by atoms with Gasteiger partial charge in [0, 0.05) is 0 Å². The summed E-state index contributed by atoms with van der Waals surface area (Å²) in [5, 5.41) is 0. The normalized spacial score (nSPS) is 18.0. The van der Waals surface area contributed by atoms with Crippen molar-refractivity contribution in [2.24, 2.45) is 0 Å². The Kier molecular flexibility index (Phi) is 0.323. The molecule has 0 aliphatic rings. The number of benzene rings is 1. The zero-order valence-electron chi connectivity index (χ0n) is 9.45. The molecular weight excluding hydrogens is 112 g/mol. The van der Waals surface area contributed by atoms with E-state index in [9.17, 15) is 0 Å². The SMILES string of the molecule is [2H]c1nc2c([2H])c([2H])c([2H])c([2H])c2[nH]1. The highest BCUT2D eigenvalue weighted by Gasteiger charge is 1.88. The molecule has 0 radical (unpaired) electrons. The van der Waals surface area contributed by atoms with Gasteiger partial charge >= 0.3 is 0 Å². The first-order valence-corrected chi connectivity index (χ1v) is 2.45. The van der Waals surface area contributed by atoms with Crippen molar-refractivity contribution in [2.45, 2.75) is 0 Å². The number of H-pyrrole nitrogens is 1. The number of para-hydroxylation sites is 2. The molecule has 9 heavy (non-hydrogen) atoms. The zero-order chi connectivity index (χ0) is 10.5. The van der Waals surface area contributed by atoms with Crippen LogP contribution in [0.2, 0.25) is 0 Å². The van der Waals surface area contributed by atoms with Crippen LogP contribution in [-0.4, -0.2) is 9.97 Å². The van der Waals surface area contributed by atoms with Gasteiger partial charge in [-0.3, -0.25) is 0 Å². The molecule has 0 bridgehead atoms. The Morgan fingerprint density at radius 3 is 3.33 bits per heavy atom. The van der Waals surface area contributed by atoms with E-state index in [-0.39, 0.29) is 41.5 Å². The lowest BCUT2D eigenvalue weighted by Gasteiger charge is -1.81. The number of nitrogens with zero attached hydrogens (tertiary/aromatic N) is 1. The van der Waals surface area contributed by atoms with E-state index in [1.807, 2.05) is 0 Å². The molecule has 2 nitrogen and oxygen atoms in total. The van der Waals surface area contributed by atoms with Crippen LogP contribution in [0, 0.1) is 0 Å². The molecule has 1 N–H and O–H groups in total. The summed E-state index contributed by atoms with van der Waals surface area (Å²) in [5.41, 5.74) is 0.294. The third kappa shape index (κ3) is 0.598. The molecule has 2 rings (SSSR count). The maximum Gasteiger partial charge on any atom is 0.104 e. The highest BCUT2D eigenvalue weighted by Crippen LogP contribution is 2.05. The van der Waals surface area contributed by atoms with Gasteiger partial charge in [0.05, 0.1) is 22.8 Å². The van der Waals surface area contributed by atoms with Crippen LogP contribution in [0.3, 0.4) is 0 Å². The van der Waals surface area contributed by atoms with E-state index in [1.165, 1.54) is 0 Å². The minimum Gasteiger partial charge on any atom is -0.345 e. The summed E-state index contributed by atoms with van der Waals surface area (Å²) in [6, 6.07) is -1.04. The minimum absolute atomic E-state index is 0.112. The molecule has 0 amide bonds. The predicted octanol–water partition coefficient (Wildman–Crippen LogP) is 1.56. The van der Waals surface area contributed by atoms with Crippen LogP contribution in [0.4, 0.5) is 0 Å². The lowest BCUT2D eigenvalue weighted by atomic mass is 10.3. The second-order valence-corrected chi connectivity index (χ2v) is 1.57. The van der Waals surface area contributed by atoms with Crippen molar-refractivity contribution in [2.75, 3.05) is 0 Å². The summed E-state index contributed by atoms with van der Waals surface area (Å²) in [7, 11) is 0. The zero-order valence-corrected chi connectivity index (χ0v) is 4.45. The Morgan fingerprint density at radius 2 is 2.33 bits per heavy atom. The van der Waals surface area contributed by atoms with Crippen LogP contribution in [0.5, 0.6) is 0 Å². The van der Waals surface area contributed by atoms with Gasteiger partial charge in [-0.1, -0.05) is 12.1 Å². The molecule has 0 aliphatic heterocycles. The molecule has 2 aromatic rings. The summed E-state index contributed by atoms with van der Waals surface area (Å²) in [6.07, 6.45) is -0.160. The molecule has 0 atom stereocenters. The first-order chi connectivity index (χ1) is 6.52. The third-order valence-corrected chi connectivity index (χ3v) is 1.02. The van der Waals surface area contributed by atoms with Crippen molar-refractivity contribution >= 4 is 11.0 Å². The molecule has 1 aromatic heterocycles. The van der Waals surface area contributed by atoms with Gasteiger partial charge in [-0.2, -0.15) is 0 Å². The number of aromatic amines is 1. The van der Waals surface area contributed by atoms with Gasteiger partial charge < -0.3 is 4.98 Å². The van der Waals surface area contributed by atoms with Gasteiger partial charge in [0.1, 0.15) is 1.37 Å². The smallest absolute Gasteiger partial charge is 0.104 e. The fraction of sp³-hybridized carbons (Fsp3) is 0. The molecule has 0 saturated carbocycles. The second-order valence-electron chi connectivity index (χ2n) is 1.57. The fourth-order valence-electron chi connectivity index (χ4n) is 0.620. The summed E-state index contributed by atoms with van der Waals surface area (Å²) >= 11 is 0. The van der Waals surface area contributed by atoms with E-state index in [4.69, 9.17) is 6.85 Å². The predicted molar refractivity (Wildman–Crippen MR) is 36.1 cm³/mol. The van der Waals surface area contributed by atoms with Crippen molar-refractivity contribution in [3.63, 3.8) is 0 Å². The van der Waals surface area contributed by atoms with Crippen LogP contribution in [-0.2, 0) is 0 Å². The maximum atomic E-state index is 7.49. The van der Waals surface area contributed by atoms with Gasteiger partial charge in [0.25, 0.3) is 0 Å². The lowest BCUT2D eigenvalue weighted by molar-refractivity contribution is 1.34. The van der Waals surface area contributed by atoms with E-state index in [0.29, 0.717) is 0 Å². The highest BCUT2D eigenvalue weighted by molar-refractivity contribution is 5.73. The van der Waals surface area contributed by atoms with Crippen molar-refractivity contribution < 1.29 is 6.85 Å². The van der Waals surface area contributed by atoms with Crippen LogP contribution in [0.25, 0.3) is 11.0 Å². The van der Waals surface area contributed by atoms with Gasteiger partial charge in [0.2, 0.25) is 0 Å². The molecule has 1 aromatic carbocycles.